The second-order valence-corrected chi connectivity index (χ2v) is 23.9. The molecule has 0 radical (unpaired) electrons. The lowest BCUT2D eigenvalue weighted by molar-refractivity contribution is 0.112. The molecule has 0 N–H and O–H groups in total. The summed E-state index contributed by atoms with van der Waals surface area (Å²) in [7, 11) is 2.93. The van der Waals surface area contributed by atoms with Crippen LogP contribution in [0.2, 0.25) is 11.1 Å². The van der Waals surface area contributed by atoms with Gasteiger partial charge in [0, 0.05) is 24.2 Å². The number of benzene rings is 2. The fourth-order valence-electron chi connectivity index (χ4n) is 16.8. The van der Waals surface area contributed by atoms with Gasteiger partial charge in [-0.2, -0.15) is 0 Å². The van der Waals surface area contributed by atoms with Crippen LogP contribution in [0.25, 0.3) is 0 Å². The molecule has 2 nitrogen and oxygen atoms in total. The van der Waals surface area contributed by atoms with Crippen molar-refractivity contribution in [2.45, 2.75) is 139 Å². The lowest BCUT2D eigenvalue weighted by atomic mass is 9.68. The van der Waals surface area contributed by atoms with Gasteiger partial charge in [-0.15, -0.1) is 0 Å². The molecule has 6 aliphatic carbocycles. The first-order valence-electron chi connectivity index (χ1n) is 21.5. The third-order valence-electron chi connectivity index (χ3n) is 18.0. The number of hydrogen-bond donors (Lipinski definition) is 0. The molecule has 2 saturated heterocycles. The van der Waals surface area contributed by atoms with E-state index in [-0.39, 0.29) is 0 Å². The Balaban J connectivity index is 1.23. The molecule has 264 valence electrons. The Bertz CT molecular complexity index is 1360. The first kappa shape index (κ1) is 32.2. The van der Waals surface area contributed by atoms with Gasteiger partial charge in [-0.3, -0.25) is 9.80 Å². The molecule has 16 atom stereocenters. The zero-order valence-electron chi connectivity index (χ0n) is 31.3. The van der Waals surface area contributed by atoms with Crippen LogP contribution in [0.15, 0.2) is 60.7 Å². The molecular formula is C46H66N2Si. The summed E-state index contributed by atoms with van der Waals surface area (Å²) in [5, 5.41) is 3.67. The molecule has 8 fully saturated rings. The fraction of sp³-hybridized carbons (Fsp3) is 0.739. The summed E-state index contributed by atoms with van der Waals surface area (Å²) in [5.74, 6) is 9.28. The van der Waals surface area contributed by atoms with E-state index >= 15 is 0 Å². The summed E-state index contributed by atoms with van der Waals surface area (Å²) in [4.78, 5) is 6.25. The average Bonchev–Trinajstić information content (AvgIpc) is 3.83. The SMILES string of the molecule is CC1CCC2C(C1)C1C3CCCCC3C([Si](c3ccccc3)(c3ccccc3)C3C4CCCCC4C4C5CC(C)CCC5N(C)C43)C1N2C. The van der Waals surface area contributed by atoms with Crippen molar-refractivity contribution in [2.75, 3.05) is 14.1 Å². The summed E-state index contributed by atoms with van der Waals surface area (Å²) in [6.45, 7) is 5.19. The maximum absolute atomic E-state index is 3.13. The number of likely N-dealkylation sites (tertiary alicyclic amines) is 2. The van der Waals surface area contributed by atoms with Gasteiger partial charge in [-0.25, -0.2) is 0 Å². The number of fused-ring (bicyclic) bond motifs is 10. The van der Waals surface area contributed by atoms with Gasteiger partial charge in [0.1, 0.15) is 8.07 Å². The highest BCUT2D eigenvalue weighted by atomic mass is 28.3. The quantitative estimate of drug-likeness (QED) is 0.299. The van der Waals surface area contributed by atoms with Gasteiger partial charge in [0.05, 0.1) is 0 Å². The molecule has 3 heteroatoms. The average molecular weight is 675 g/mol. The van der Waals surface area contributed by atoms with Crippen LogP contribution < -0.4 is 10.4 Å². The van der Waals surface area contributed by atoms with Crippen molar-refractivity contribution in [3.05, 3.63) is 60.7 Å². The van der Waals surface area contributed by atoms with Gasteiger partial charge < -0.3 is 0 Å². The van der Waals surface area contributed by atoms with Crippen molar-refractivity contribution in [1.29, 1.82) is 0 Å². The van der Waals surface area contributed by atoms with E-state index in [1.807, 2.05) is 10.4 Å². The summed E-state index contributed by atoms with van der Waals surface area (Å²) < 4.78 is 0. The van der Waals surface area contributed by atoms with E-state index in [2.05, 4.69) is 98.4 Å². The highest BCUT2D eigenvalue weighted by Gasteiger charge is 2.73. The summed E-state index contributed by atoms with van der Waals surface area (Å²) in [5.41, 5.74) is 1.67. The van der Waals surface area contributed by atoms with Gasteiger partial charge in [0.15, 0.2) is 0 Å². The van der Waals surface area contributed by atoms with Crippen molar-refractivity contribution in [2.24, 2.45) is 59.2 Å². The van der Waals surface area contributed by atoms with Crippen molar-refractivity contribution < 1.29 is 0 Å². The van der Waals surface area contributed by atoms with E-state index in [0.29, 0.717) is 0 Å². The van der Waals surface area contributed by atoms with Crippen molar-refractivity contribution >= 4 is 18.4 Å². The smallest absolute Gasteiger partial charge is 0.127 e. The maximum Gasteiger partial charge on any atom is 0.127 e. The van der Waals surface area contributed by atoms with E-state index in [1.54, 1.807) is 0 Å². The summed E-state index contributed by atoms with van der Waals surface area (Å²) >= 11 is 0. The Hall–Kier alpha value is -1.42. The topological polar surface area (TPSA) is 6.48 Å². The lowest BCUT2D eigenvalue weighted by Gasteiger charge is -2.54. The number of nitrogens with zero attached hydrogens (tertiary/aromatic N) is 2. The van der Waals surface area contributed by atoms with Gasteiger partial charge in [0.25, 0.3) is 0 Å². The molecular weight excluding hydrogens is 609 g/mol. The monoisotopic (exact) mass is 674 g/mol. The Labute approximate surface area is 300 Å². The van der Waals surface area contributed by atoms with Crippen LogP contribution >= 0.6 is 0 Å². The zero-order chi connectivity index (χ0) is 33.0. The molecule has 0 spiro atoms. The minimum absolute atomic E-state index is 0.774. The van der Waals surface area contributed by atoms with E-state index in [9.17, 15) is 0 Å². The lowest BCUT2D eigenvalue weighted by Crippen LogP contribution is -2.71. The molecule has 16 unspecified atom stereocenters. The summed E-state index contributed by atoms with van der Waals surface area (Å²) in [6, 6.07) is 28.6. The number of rotatable bonds is 4. The van der Waals surface area contributed by atoms with Crippen molar-refractivity contribution in [3.63, 3.8) is 0 Å². The molecule has 49 heavy (non-hydrogen) atoms. The maximum atomic E-state index is 3.13. The molecule has 8 aliphatic rings. The number of hydrogen-bond acceptors (Lipinski definition) is 2. The van der Waals surface area contributed by atoms with Crippen LogP contribution in [-0.4, -0.2) is 56.1 Å². The van der Waals surface area contributed by atoms with Gasteiger partial charge in [-0.05, 0) is 136 Å². The molecule has 6 saturated carbocycles. The molecule has 2 aliphatic heterocycles. The predicted octanol–water partition coefficient (Wildman–Crippen LogP) is 9.10. The second-order valence-electron chi connectivity index (χ2n) is 19.6. The van der Waals surface area contributed by atoms with E-state index in [4.69, 9.17) is 0 Å². The Kier molecular flexibility index (Phi) is 8.11. The third kappa shape index (κ3) is 4.55. The van der Waals surface area contributed by atoms with Gasteiger partial charge in [0.2, 0.25) is 0 Å². The van der Waals surface area contributed by atoms with Gasteiger partial charge in [-0.1, -0.05) is 123 Å². The predicted molar refractivity (Wildman–Crippen MR) is 207 cm³/mol. The molecule has 2 aromatic carbocycles. The van der Waals surface area contributed by atoms with Crippen molar-refractivity contribution in [3.8, 4) is 0 Å². The third-order valence-corrected chi connectivity index (χ3v) is 24.2. The van der Waals surface area contributed by atoms with E-state index < -0.39 is 8.07 Å². The fourth-order valence-corrected chi connectivity index (χ4v) is 24.8. The molecule has 0 aromatic heterocycles. The minimum Gasteiger partial charge on any atom is -0.300 e. The van der Waals surface area contributed by atoms with Gasteiger partial charge >= 0.3 is 0 Å². The first-order chi connectivity index (χ1) is 24.0. The van der Waals surface area contributed by atoms with Crippen LogP contribution in [0.1, 0.15) is 104 Å². The zero-order valence-corrected chi connectivity index (χ0v) is 32.3. The molecule has 0 amide bonds. The Morgan fingerprint density at radius 1 is 0.469 bits per heavy atom. The highest BCUT2D eigenvalue weighted by Crippen LogP contribution is 2.71. The first-order valence-corrected chi connectivity index (χ1v) is 23.7. The second kappa shape index (κ2) is 12.3. The van der Waals surface area contributed by atoms with Crippen LogP contribution in [0.3, 0.4) is 0 Å². The van der Waals surface area contributed by atoms with Crippen LogP contribution in [0, 0.1) is 59.2 Å². The van der Waals surface area contributed by atoms with E-state index in [1.165, 1.54) is 89.9 Å². The molecule has 2 aromatic rings. The van der Waals surface area contributed by atoms with Crippen LogP contribution in [0.5, 0.6) is 0 Å². The van der Waals surface area contributed by atoms with Crippen LogP contribution in [0.4, 0.5) is 0 Å². The van der Waals surface area contributed by atoms with Crippen LogP contribution in [-0.2, 0) is 0 Å². The molecule has 10 rings (SSSR count). The highest BCUT2D eigenvalue weighted by molar-refractivity contribution is 7.04. The molecule has 2 heterocycles. The van der Waals surface area contributed by atoms with Crippen molar-refractivity contribution in [1.82, 2.24) is 9.80 Å². The Morgan fingerprint density at radius 2 is 0.857 bits per heavy atom. The standard InChI is InChI=1S/C46H66N2Si/c1-29-23-25-39-37(27-29)41-33-19-11-13-21-35(33)45(43(41)47(39)3)49(31-15-7-5-8-16-31,32-17-9-6-10-18-32)46-36-22-14-12-20-34(36)42-38-28-30(2)24-26-40(38)48(4)44(42)46/h5-10,15-18,29-30,33-46H,11-14,19-28H2,1-4H3. The Morgan fingerprint density at radius 3 is 1.27 bits per heavy atom. The molecule has 0 bridgehead atoms. The van der Waals surface area contributed by atoms with E-state index in [0.717, 1.165) is 94.4 Å². The summed E-state index contributed by atoms with van der Waals surface area (Å²) in [6.07, 6.45) is 20.8. The largest absolute Gasteiger partial charge is 0.300 e. The minimum atomic E-state index is -2.40. The normalized spacial score (nSPS) is 47.9.